The second-order valence-corrected chi connectivity index (χ2v) is 4.68. The molecule has 56 valence electrons. The highest BCUT2D eigenvalue weighted by Gasteiger charge is 2.02. The number of hydrogen-bond acceptors (Lipinski definition) is 2. The fourth-order valence-electron chi connectivity index (χ4n) is 0.337. The van der Waals surface area contributed by atoms with E-state index >= 15 is 0 Å². The Morgan fingerprint density at radius 1 is 1.56 bits per heavy atom. The normalized spacial score (nSPS) is 17.2. The minimum atomic E-state index is -1.69. The van der Waals surface area contributed by atoms with Gasteiger partial charge in [-0.3, -0.25) is 0 Å². The molecule has 0 aromatic rings. The summed E-state index contributed by atoms with van der Waals surface area (Å²) in [5.74, 6) is 0. The van der Waals surface area contributed by atoms with Crippen molar-refractivity contribution in [3.8, 4) is 0 Å². The molecule has 0 bridgehead atoms. The van der Waals surface area contributed by atoms with Gasteiger partial charge in [0.1, 0.15) is 7.34 Å². The van der Waals surface area contributed by atoms with E-state index in [0.717, 1.165) is 13.0 Å². The molecule has 2 nitrogen and oxygen atoms in total. The summed E-state index contributed by atoms with van der Waals surface area (Å²) >= 11 is 0. The van der Waals surface area contributed by atoms with E-state index < -0.39 is 7.34 Å². The molecule has 0 saturated heterocycles. The van der Waals surface area contributed by atoms with Gasteiger partial charge in [-0.05, 0) is 6.42 Å². The van der Waals surface area contributed by atoms with Gasteiger partial charge in [-0.15, -0.1) is 0 Å². The summed E-state index contributed by atoms with van der Waals surface area (Å²) in [6.07, 6.45) is 4.81. The Balaban J connectivity index is 3.46. The molecule has 0 heterocycles. The first kappa shape index (κ1) is 9.22. The van der Waals surface area contributed by atoms with Crippen LogP contribution >= 0.6 is 7.34 Å². The van der Waals surface area contributed by atoms with E-state index in [4.69, 9.17) is 9.05 Å². The van der Waals surface area contributed by atoms with Gasteiger partial charge >= 0.3 is 0 Å². The molecule has 1 unspecified atom stereocenters. The minimum absolute atomic E-state index is 0.752. The molecular weight excluding hydrogens is 135 g/mol. The Kier molecular flexibility index (Phi) is 4.20. The van der Waals surface area contributed by atoms with Gasteiger partial charge in [-0.1, -0.05) is 13.2 Å². The fourth-order valence-corrected chi connectivity index (χ4v) is 1.01. The van der Waals surface area contributed by atoms with Crippen LogP contribution < -0.4 is 0 Å². The van der Waals surface area contributed by atoms with E-state index in [9.17, 15) is 0 Å². The summed E-state index contributed by atoms with van der Waals surface area (Å²) in [4.78, 5) is 0. The first-order valence-electron chi connectivity index (χ1n) is 3.03. The van der Waals surface area contributed by atoms with Crippen LogP contribution in [0.3, 0.4) is 0 Å². The van der Waals surface area contributed by atoms with Gasteiger partial charge in [0.2, 0.25) is 0 Å². The summed E-state index contributed by atoms with van der Waals surface area (Å²) in [7, 11) is -0.0546. The first-order valence-corrected chi connectivity index (χ1v) is 5.29. The predicted octanol–water partition coefficient (Wildman–Crippen LogP) is 1.97. The highest BCUT2D eigenvalue weighted by Crippen LogP contribution is 2.41. The van der Waals surface area contributed by atoms with Gasteiger partial charge in [0.05, 0.1) is 6.61 Å². The summed E-state index contributed by atoms with van der Waals surface area (Å²) < 4.78 is 10.3. The van der Waals surface area contributed by atoms with Crippen LogP contribution in [0.4, 0.5) is 0 Å². The van der Waals surface area contributed by atoms with E-state index in [1.807, 2.05) is 6.66 Å². The van der Waals surface area contributed by atoms with Crippen LogP contribution in [0, 0.1) is 0 Å². The van der Waals surface area contributed by atoms with Crippen LogP contribution in [-0.4, -0.2) is 26.7 Å². The smallest absolute Gasteiger partial charge is 0.114 e. The van der Waals surface area contributed by atoms with Gasteiger partial charge in [-0.25, -0.2) is 0 Å². The maximum absolute atomic E-state index is 5.31. The Labute approximate surface area is 57.3 Å². The van der Waals surface area contributed by atoms with Crippen molar-refractivity contribution >= 4 is 13.6 Å². The summed E-state index contributed by atoms with van der Waals surface area (Å²) in [6, 6.07) is 0. The first-order chi connectivity index (χ1) is 4.12. The number of hydrogen-bond donors (Lipinski definition) is 0. The lowest BCUT2D eigenvalue weighted by molar-refractivity contribution is 0.284. The standard InChI is InChI=1S/C6H15O2P/c1-5-6-8-9(3,4)7-2/h3,5-6H2,1-2,4H3. The molecule has 0 aliphatic heterocycles. The van der Waals surface area contributed by atoms with Crippen LogP contribution in [-0.2, 0) is 9.05 Å². The molecule has 0 radical (unpaired) electrons. The van der Waals surface area contributed by atoms with Crippen molar-refractivity contribution in [1.82, 2.24) is 0 Å². The molecule has 0 amide bonds. The predicted molar refractivity (Wildman–Crippen MR) is 43.2 cm³/mol. The average Bonchev–Trinajstić information content (AvgIpc) is 1.84. The van der Waals surface area contributed by atoms with Crippen molar-refractivity contribution in [2.45, 2.75) is 13.3 Å². The maximum atomic E-state index is 5.31. The topological polar surface area (TPSA) is 18.5 Å². The van der Waals surface area contributed by atoms with Gasteiger partial charge in [0.25, 0.3) is 0 Å². The van der Waals surface area contributed by atoms with Crippen LogP contribution in [0.1, 0.15) is 13.3 Å². The lowest BCUT2D eigenvalue weighted by Gasteiger charge is -2.16. The van der Waals surface area contributed by atoms with Crippen LogP contribution in [0.5, 0.6) is 0 Å². The van der Waals surface area contributed by atoms with Crippen LogP contribution in [0.25, 0.3) is 0 Å². The van der Waals surface area contributed by atoms with Crippen molar-refractivity contribution in [2.75, 3.05) is 20.4 Å². The third kappa shape index (κ3) is 4.71. The Bertz CT molecular complexity index is 112. The second-order valence-electron chi connectivity index (χ2n) is 2.03. The van der Waals surface area contributed by atoms with E-state index in [1.54, 1.807) is 7.11 Å². The monoisotopic (exact) mass is 150 g/mol. The van der Waals surface area contributed by atoms with Crippen molar-refractivity contribution in [2.24, 2.45) is 0 Å². The largest absolute Gasteiger partial charge is 0.341 e. The fraction of sp³-hybridized carbons (Fsp3) is 0.833. The molecule has 0 rings (SSSR count). The zero-order valence-corrected chi connectivity index (χ0v) is 7.28. The second kappa shape index (κ2) is 4.10. The SMILES string of the molecule is C=P(C)(OC)OCCC. The van der Waals surface area contributed by atoms with Crippen molar-refractivity contribution in [3.63, 3.8) is 0 Å². The minimum Gasteiger partial charge on any atom is -0.341 e. The molecule has 0 aliphatic carbocycles. The van der Waals surface area contributed by atoms with Crippen LogP contribution in [0.2, 0.25) is 0 Å². The van der Waals surface area contributed by atoms with E-state index in [0.29, 0.717) is 0 Å². The van der Waals surface area contributed by atoms with Crippen LogP contribution in [0.15, 0.2) is 0 Å². The molecule has 0 aromatic heterocycles. The molecule has 0 N–H and O–H groups in total. The Hall–Kier alpha value is 0.220. The third-order valence-corrected chi connectivity index (χ3v) is 2.46. The van der Waals surface area contributed by atoms with Gasteiger partial charge in [-0.2, -0.15) is 0 Å². The van der Waals surface area contributed by atoms with Gasteiger partial charge in [0, 0.05) is 13.8 Å². The summed E-state index contributed by atoms with van der Waals surface area (Å²) in [5, 5.41) is 0. The van der Waals surface area contributed by atoms with E-state index in [2.05, 4.69) is 13.2 Å². The molecule has 3 heteroatoms. The summed E-state index contributed by atoms with van der Waals surface area (Å²) in [5.41, 5.74) is 0. The van der Waals surface area contributed by atoms with Gasteiger partial charge in [0.15, 0.2) is 0 Å². The molecule has 0 aromatic carbocycles. The zero-order chi connectivity index (χ0) is 7.33. The molecule has 0 aliphatic rings. The van der Waals surface area contributed by atoms with Crippen molar-refractivity contribution < 1.29 is 9.05 Å². The molecule has 0 spiro atoms. The van der Waals surface area contributed by atoms with E-state index in [-0.39, 0.29) is 0 Å². The van der Waals surface area contributed by atoms with Crippen molar-refractivity contribution in [1.29, 1.82) is 0 Å². The molecule has 1 atom stereocenters. The zero-order valence-electron chi connectivity index (χ0n) is 6.39. The van der Waals surface area contributed by atoms with Gasteiger partial charge < -0.3 is 9.05 Å². The average molecular weight is 150 g/mol. The highest BCUT2D eigenvalue weighted by molar-refractivity contribution is 7.63. The lowest BCUT2D eigenvalue weighted by atomic mass is 10.5. The maximum Gasteiger partial charge on any atom is 0.114 e. The molecule has 9 heavy (non-hydrogen) atoms. The molecule has 0 saturated carbocycles. The molecule has 0 fully saturated rings. The summed E-state index contributed by atoms with van der Waals surface area (Å²) in [6.45, 7) is 4.72. The highest BCUT2D eigenvalue weighted by atomic mass is 31.2. The Morgan fingerprint density at radius 3 is 2.44 bits per heavy atom. The number of rotatable bonds is 4. The molecular formula is C6H15O2P. The van der Waals surface area contributed by atoms with Crippen molar-refractivity contribution in [3.05, 3.63) is 0 Å². The quantitative estimate of drug-likeness (QED) is 0.570. The lowest BCUT2D eigenvalue weighted by Crippen LogP contribution is -1.91. The third-order valence-electron chi connectivity index (χ3n) is 0.955. The van der Waals surface area contributed by atoms with E-state index in [1.165, 1.54) is 0 Å². The Morgan fingerprint density at radius 2 is 2.11 bits per heavy atom.